The first-order valence-electron chi connectivity index (χ1n) is 9.44. The third-order valence-corrected chi connectivity index (χ3v) is 5.54. The molecule has 6 heteroatoms. The molecule has 0 radical (unpaired) electrons. The van der Waals surface area contributed by atoms with Crippen molar-refractivity contribution >= 4 is 38.8 Å². The zero-order valence-corrected chi connectivity index (χ0v) is 18.1. The lowest BCUT2D eigenvalue weighted by Gasteiger charge is -2.13. The summed E-state index contributed by atoms with van der Waals surface area (Å²) < 4.78 is 2.89. The number of aromatic hydroxyl groups is 1. The molecule has 0 aliphatic rings. The minimum Gasteiger partial charge on any atom is -0.507 e. The Labute approximate surface area is 182 Å². The van der Waals surface area contributed by atoms with Gasteiger partial charge in [0.1, 0.15) is 5.75 Å². The van der Waals surface area contributed by atoms with Crippen molar-refractivity contribution in [2.45, 2.75) is 13.8 Å². The number of hydrogen-bond donors (Lipinski definition) is 2. The Morgan fingerprint density at radius 2 is 1.83 bits per heavy atom. The highest BCUT2D eigenvalue weighted by Gasteiger charge is 2.13. The number of benzene rings is 3. The molecule has 0 unspecified atom stereocenters. The molecule has 0 aliphatic heterocycles. The number of nitrogens with one attached hydrogen (secondary N) is 1. The molecule has 0 saturated heterocycles. The van der Waals surface area contributed by atoms with Gasteiger partial charge < -0.3 is 9.67 Å². The second kappa shape index (κ2) is 8.16. The zero-order valence-electron chi connectivity index (χ0n) is 16.6. The molecule has 4 aromatic rings. The third-order valence-electron chi connectivity index (χ3n) is 5.05. The Kier molecular flexibility index (Phi) is 5.42. The van der Waals surface area contributed by atoms with E-state index in [1.54, 1.807) is 18.3 Å². The van der Waals surface area contributed by atoms with E-state index in [0.29, 0.717) is 4.47 Å². The first-order valence-corrected chi connectivity index (χ1v) is 10.2. The maximum atomic E-state index is 12.3. The van der Waals surface area contributed by atoms with Gasteiger partial charge in [-0.15, -0.1) is 0 Å². The molecule has 3 aromatic carbocycles. The van der Waals surface area contributed by atoms with Crippen LogP contribution in [0.3, 0.4) is 0 Å². The largest absolute Gasteiger partial charge is 0.507 e. The van der Waals surface area contributed by atoms with Crippen LogP contribution in [0, 0.1) is 13.8 Å². The molecule has 1 heterocycles. The number of hydrogen-bond acceptors (Lipinski definition) is 3. The molecule has 1 amide bonds. The van der Waals surface area contributed by atoms with Gasteiger partial charge in [0.25, 0.3) is 5.91 Å². The van der Waals surface area contributed by atoms with E-state index in [0.717, 1.165) is 22.6 Å². The summed E-state index contributed by atoms with van der Waals surface area (Å²) in [4.78, 5) is 12.3. The summed E-state index contributed by atoms with van der Waals surface area (Å²) in [5, 5.41) is 16.3. The van der Waals surface area contributed by atoms with Crippen molar-refractivity contribution < 1.29 is 9.90 Å². The molecule has 150 valence electrons. The van der Waals surface area contributed by atoms with Crippen molar-refractivity contribution in [3.63, 3.8) is 0 Å². The molecule has 1 aromatic heterocycles. The van der Waals surface area contributed by atoms with Crippen molar-refractivity contribution in [3.8, 4) is 11.4 Å². The number of nitrogens with zero attached hydrogens (tertiary/aromatic N) is 2. The first kappa shape index (κ1) is 19.9. The minimum absolute atomic E-state index is 0.0972. The van der Waals surface area contributed by atoms with Gasteiger partial charge in [0.2, 0.25) is 0 Å². The lowest BCUT2D eigenvalue weighted by molar-refractivity contribution is 0.0952. The van der Waals surface area contributed by atoms with E-state index in [9.17, 15) is 9.90 Å². The van der Waals surface area contributed by atoms with E-state index in [1.165, 1.54) is 16.8 Å². The molecule has 0 fully saturated rings. The first-order chi connectivity index (χ1) is 14.5. The fraction of sp³-hybridized carbons (Fsp3) is 0.0833. The summed E-state index contributed by atoms with van der Waals surface area (Å²) >= 11 is 3.30. The number of aromatic nitrogens is 1. The minimum atomic E-state index is -0.479. The van der Waals surface area contributed by atoms with E-state index in [1.807, 2.05) is 32.0 Å². The van der Waals surface area contributed by atoms with Crippen LogP contribution in [0.25, 0.3) is 16.5 Å². The Hall–Kier alpha value is -3.38. The average Bonchev–Trinajstić information content (AvgIpc) is 3.02. The Balaban J connectivity index is 1.63. The average molecular weight is 462 g/mol. The number of amides is 1. The lowest BCUT2D eigenvalue weighted by Crippen LogP contribution is -2.17. The van der Waals surface area contributed by atoms with Gasteiger partial charge >= 0.3 is 0 Å². The van der Waals surface area contributed by atoms with Crippen molar-refractivity contribution in [2.75, 3.05) is 0 Å². The second-order valence-corrected chi connectivity index (χ2v) is 7.94. The number of phenols is 1. The van der Waals surface area contributed by atoms with Crippen LogP contribution in [0.4, 0.5) is 0 Å². The normalized spacial score (nSPS) is 11.3. The maximum absolute atomic E-state index is 12.3. The standard InChI is InChI=1S/C24H20BrN3O2/c1-15-12-18(14-26-27-24(30)21-13-19(25)10-11-23(21)29)16(2)28(15)22-9-5-7-17-6-3-4-8-20(17)22/h3-14,29H,1-2H3,(H,27,30)/b26-14-. The summed E-state index contributed by atoms with van der Waals surface area (Å²) in [7, 11) is 0. The molecule has 0 spiro atoms. The number of fused-ring (bicyclic) bond motifs is 1. The van der Waals surface area contributed by atoms with E-state index < -0.39 is 5.91 Å². The highest BCUT2D eigenvalue weighted by Crippen LogP contribution is 2.27. The van der Waals surface area contributed by atoms with Crippen LogP contribution < -0.4 is 5.43 Å². The molecule has 2 N–H and O–H groups in total. The molecule has 0 atom stereocenters. The smallest absolute Gasteiger partial charge is 0.275 e. The van der Waals surface area contributed by atoms with Gasteiger partial charge in [-0.3, -0.25) is 4.79 Å². The van der Waals surface area contributed by atoms with Crippen molar-refractivity contribution in [1.29, 1.82) is 0 Å². The Morgan fingerprint density at radius 1 is 1.07 bits per heavy atom. The van der Waals surface area contributed by atoms with Gasteiger partial charge in [-0.05, 0) is 49.6 Å². The summed E-state index contributed by atoms with van der Waals surface area (Å²) in [6.07, 6.45) is 1.62. The van der Waals surface area contributed by atoms with E-state index >= 15 is 0 Å². The molecular weight excluding hydrogens is 442 g/mol. The van der Waals surface area contributed by atoms with Gasteiger partial charge in [0.15, 0.2) is 0 Å². The number of hydrazone groups is 1. The van der Waals surface area contributed by atoms with Crippen molar-refractivity contribution in [2.24, 2.45) is 5.10 Å². The maximum Gasteiger partial charge on any atom is 0.275 e. The van der Waals surface area contributed by atoms with Crippen LogP contribution in [0.1, 0.15) is 27.3 Å². The van der Waals surface area contributed by atoms with Gasteiger partial charge in [-0.25, -0.2) is 5.43 Å². The van der Waals surface area contributed by atoms with E-state index in [2.05, 4.69) is 61.4 Å². The van der Waals surface area contributed by atoms with Gasteiger partial charge in [-0.2, -0.15) is 5.10 Å². The number of carbonyl (C=O) groups is 1. The third kappa shape index (κ3) is 3.74. The van der Waals surface area contributed by atoms with Gasteiger partial charge in [0, 0.05) is 26.8 Å². The number of aryl methyl sites for hydroxylation is 1. The molecule has 4 rings (SSSR count). The molecule has 0 aliphatic carbocycles. The van der Waals surface area contributed by atoms with Crippen LogP contribution >= 0.6 is 15.9 Å². The fourth-order valence-electron chi connectivity index (χ4n) is 3.60. The van der Waals surface area contributed by atoms with Crippen molar-refractivity contribution in [3.05, 3.63) is 93.7 Å². The van der Waals surface area contributed by atoms with Crippen LogP contribution in [0.5, 0.6) is 5.75 Å². The summed E-state index contributed by atoms with van der Waals surface area (Å²) in [5.41, 5.74) is 6.73. The number of phenolic OH excluding ortho intramolecular Hbond substituents is 1. The van der Waals surface area contributed by atoms with E-state index in [-0.39, 0.29) is 11.3 Å². The van der Waals surface area contributed by atoms with Gasteiger partial charge in [0.05, 0.1) is 17.5 Å². The topological polar surface area (TPSA) is 66.6 Å². The summed E-state index contributed by atoms with van der Waals surface area (Å²) in [6.45, 7) is 4.07. The quantitative estimate of drug-likeness (QED) is 0.312. The predicted molar refractivity (Wildman–Crippen MR) is 124 cm³/mol. The molecule has 0 bridgehead atoms. The number of halogens is 1. The Morgan fingerprint density at radius 3 is 2.67 bits per heavy atom. The number of carbonyl (C=O) groups excluding carboxylic acids is 1. The lowest BCUT2D eigenvalue weighted by atomic mass is 10.1. The SMILES string of the molecule is Cc1cc(/C=N\NC(=O)c2cc(Br)ccc2O)c(C)n1-c1cccc2ccccc12. The number of rotatable bonds is 4. The molecule has 0 saturated carbocycles. The fourth-order valence-corrected chi connectivity index (χ4v) is 3.96. The molecular formula is C24H20BrN3O2. The van der Waals surface area contributed by atoms with Crippen LogP contribution in [0.15, 0.2) is 76.3 Å². The second-order valence-electron chi connectivity index (χ2n) is 7.02. The summed E-state index contributed by atoms with van der Waals surface area (Å²) in [6, 6.07) is 21.2. The molecule has 5 nitrogen and oxygen atoms in total. The summed E-state index contributed by atoms with van der Waals surface area (Å²) in [5.74, 6) is -0.576. The monoisotopic (exact) mass is 461 g/mol. The van der Waals surface area contributed by atoms with E-state index in [4.69, 9.17) is 0 Å². The highest BCUT2D eigenvalue weighted by molar-refractivity contribution is 9.10. The molecule has 30 heavy (non-hydrogen) atoms. The highest BCUT2D eigenvalue weighted by atomic mass is 79.9. The van der Waals surface area contributed by atoms with Gasteiger partial charge in [-0.1, -0.05) is 52.3 Å². The Bertz CT molecular complexity index is 1290. The van der Waals surface area contributed by atoms with Crippen LogP contribution in [0.2, 0.25) is 0 Å². The van der Waals surface area contributed by atoms with Crippen LogP contribution in [-0.2, 0) is 0 Å². The predicted octanol–water partition coefficient (Wildman–Crippen LogP) is 5.48. The van der Waals surface area contributed by atoms with Crippen LogP contribution in [-0.4, -0.2) is 21.8 Å². The zero-order chi connectivity index (χ0) is 21.3. The van der Waals surface area contributed by atoms with Crippen molar-refractivity contribution in [1.82, 2.24) is 9.99 Å².